The van der Waals surface area contributed by atoms with Gasteiger partial charge in [-0.2, -0.15) is 0 Å². The summed E-state index contributed by atoms with van der Waals surface area (Å²) < 4.78 is 1.39. The van der Waals surface area contributed by atoms with E-state index >= 15 is 0 Å². The lowest BCUT2D eigenvalue weighted by atomic mass is 10.2. The molecule has 0 aliphatic heterocycles. The van der Waals surface area contributed by atoms with Gasteiger partial charge in [0.05, 0.1) is 10.9 Å². The smallest absolute Gasteiger partial charge is 0.322 e. The number of hydrogen-bond donors (Lipinski definition) is 2. The number of aromatic amines is 1. The number of nitrogens with zero attached hydrogens (tertiary/aromatic N) is 2. The number of amides is 1. The lowest BCUT2D eigenvalue weighted by molar-refractivity contribution is 0.102. The maximum atomic E-state index is 12.5. The highest BCUT2D eigenvalue weighted by Crippen LogP contribution is 2.20. The van der Waals surface area contributed by atoms with Crippen LogP contribution in [-0.4, -0.2) is 20.4 Å². The van der Waals surface area contributed by atoms with Gasteiger partial charge in [-0.15, -0.1) is 0 Å². The Hall–Kier alpha value is -2.93. The normalized spacial score (nSPS) is 10.9. The van der Waals surface area contributed by atoms with Crippen molar-refractivity contribution in [3.8, 4) is 0 Å². The van der Waals surface area contributed by atoms with Crippen LogP contribution in [0.15, 0.2) is 40.1 Å². The third-order valence-electron chi connectivity index (χ3n) is 3.97. The monoisotopic (exact) mass is 372 g/mol. The molecular weight excluding hydrogens is 356 g/mol. The van der Waals surface area contributed by atoms with Crippen molar-refractivity contribution in [1.29, 1.82) is 0 Å². The Kier molecular flexibility index (Phi) is 4.90. The van der Waals surface area contributed by atoms with E-state index in [2.05, 4.69) is 15.3 Å². The number of pyridine rings is 1. The van der Waals surface area contributed by atoms with Gasteiger partial charge in [-0.1, -0.05) is 24.6 Å². The van der Waals surface area contributed by atoms with Crippen LogP contribution in [0.25, 0.3) is 11.0 Å². The second-order valence-corrected chi connectivity index (χ2v) is 6.33. The molecule has 1 amide bonds. The molecule has 3 aromatic rings. The maximum Gasteiger partial charge on any atom is 0.329 e. The summed E-state index contributed by atoms with van der Waals surface area (Å²) in [4.78, 5) is 43.0. The molecule has 0 atom stereocenters. The minimum atomic E-state index is -0.571. The number of anilines is 1. The van der Waals surface area contributed by atoms with Crippen molar-refractivity contribution >= 4 is 34.2 Å². The molecule has 8 heteroatoms. The Balaban J connectivity index is 2.00. The Morgan fingerprint density at radius 2 is 2.08 bits per heavy atom. The van der Waals surface area contributed by atoms with E-state index in [1.807, 2.05) is 13.8 Å². The summed E-state index contributed by atoms with van der Waals surface area (Å²) in [6, 6.07) is 6.61. The predicted molar refractivity (Wildman–Crippen MR) is 101 cm³/mol. The van der Waals surface area contributed by atoms with E-state index in [4.69, 9.17) is 11.6 Å². The summed E-state index contributed by atoms with van der Waals surface area (Å²) in [7, 11) is 0. The van der Waals surface area contributed by atoms with Gasteiger partial charge in [0, 0.05) is 23.5 Å². The van der Waals surface area contributed by atoms with Gasteiger partial charge in [0.1, 0.15) is 5.65 Å². The van der Waals surface area contributed by atoms with E-state index in [-0.39, 0.29) is 16.6 Å². The van der Waals surface area contributed by atoms with Crippen molar-refractivity contribution in [3.63, 3.8) is 0 Å². The first-order valence-corrected chi connectivity index (χ1v) is 8.49. The molecule has 2 aromatic heterocycles. The summed E-state index contributed by atoms with van der Waals surface area (Å²) in [5.41, 5.74) is 0.825. The number of nitrogens with one attached hydrogen (secondary N) is 2. The summed E-state index contributed by atoms with van der Waals surface area (Å²) >= 11 is 6.06. The molecule has 1 aromatic carbocycles. The minimum Gasteiger partial charge on any atom is -0.322 e. The number of carbonyl (C=O) groups excluding carboxylic acids is 1. The van der Waals surface area contributed by atoms with Gasteiger partial charge in [0.25, 0.3) is 11.5 Å². The molecule has 2 heterocycles. The maximum absolute atomic E-state index is 12.5. The van der Waals surface area contributed by atoms with Crippen LogP contribution in [0.4, 0.5) is 5.69 Å². The predicted octanol–water partition coefficient (Wildman–Crippen LogP) is 2.71. The van der Waals surface area contributed by atoms with Gasteiger partial charge >= 0.3 is 5.69 Å². The number of halogens is 1. The first-order valence-electron chi connectivity index (χ1n) is 8.11. The Morgan fingerprint density at radius 3 is 2.77 bits per heavy atom. The zero-order chi connectivity index (χ0) is 18.8. The van der Waals surface area contributed by atoms with Crippen molar-refractivity contribution in [2.75, 3.05) is 5.32 Å². The van der Waals surface area contributed by atoms with Gasteiger partial charge in [0.15, 0.2) is 0 Å². The van der Waals surface area contributed by atoms with Gasteiger partial charge in [-0.25, -0.2) is 9.78 Å². The van der Waals surface area contributed by atoms with Crippen molar-refractivity contribution in [2.24, 2.45) is 0 Å². The second-order valence-electron chi connectivity index (χ2n) is 5.92. The summed E-state index contributed by atoms with van der Waals surface area (Å²) in [6.45, 7) is 4.20. The van der Waals surface area contributed by atoms with Crippen LogP contribution in [0.1, 0.15) is 29.3 Å². The van der Waals surface area contributed by atoms with Gasteiger partial charge in [0.2, 0.25) is 0 Å². The van der Waals surface area contributed by atoms with Crippen molar-refractivity contribution in [1.82, 2.24) is 14.5 Å². The van der Waals surface area contributed by atoms with Crippen LogP contribution in [0, 0.1) is 6.92 Å². The fourth-order valence-electron chi connectivity index (χ4n) is 2.60. The number of hydrogen-bond acceptors (Lipinski definition) is 4. The molecule has 0 saturated heterocycles. The number of H-pyrrole nitrogens is 1. The molecule has 26 heavy (non-hydrogen) atoms. The van der Waals surface area contributed by atoms with Gasteiger partial charge in [-0.05, 0) is 37.1 Å². The molecule has 3 rings (SSSR count). The molecule has 0 fully saturated rings. The van der Waals surface area contributed by atoms with E-state index in [1.165, 1.54) is 16.8 Å². The molecule has 0 aliphatic rings. The van der Waals surface area contributed by atoms with E-state index in [0.717, 1.165) is 5.56 Å². The highest BCUT2D eigenvalue weighted by atomic mass is 35.5. The Labute approximate surface area is 153 Å². The van der Waals surface area contributed by atoms with E-state index < -0.39 is 17.2 Å². The molecule has 0 saturated carbocycles. The second kappa shape index (κ2) is 7.13. The fourth-order valence-corrected chi connectivity index (χ4v) is 2.78. The minimum absolute atomic E-state index is 0.188. The SMILES string of the molecule is CCCn1c(=O)[nH]c(=O)c2cc(C(=O)Nc3ccc(C)c(Cl)c3)cnc21. The molecule has 0 aliphatic carbocycles. The van der Waals surface area contributed by atoms with Crippen molar-refractivity contribution in [2.45, 2.75) is 26.8 Å². The molecule has 0 spiro atoms. The summed E-state index contributed by atoms with van der Waals surface area (Å²) in [5.74, 6) is -0.424. The standard InChI is InChI=1S/C18H17ClN4O3/c1-3-6-23-15-13(17(25)22-18(23)26)7-11(9-20-15)16(24)21-12-5-4-10(2)14(19)8-12/h4-5,7-9H,3,6H2,1-2H3,(H,21,24)(H,22,25,26). The van der Waals surface area contributed by atoms with Crippen LogP contribution >= 0.6 is 11.6 Å². The fraction of sp³-hybridized carbons (Fsp3) is 0.222. The van der Waals surface area contributed by atoms with Gasteiger partial charge in [-0.3, -0.25) is 19.1 Å². The highest BCUT2D eigenvalue weighted by Gasteiger charge is 2.13. The lowest BCUT2D eigenvalue weighted by Crippen LogP contribution is -2.31. The lowest BCUT2D eigenvalue weighted by Gasteiger charge is -2.09. The van der Waals surface area contributed by atoms with Gasteiger partial charge < -0.3 is 5.32 Å². The Morgan fingerprint density at radius 1 is 1.31 bits per heavy atom. The summed E-state index contributed by atoms with van der Waals surface area (Å²) in [6.07, 6.45) is 2.05. The first kappa shape index (κ1) is 17.9. The average molecular weight is 373 g/mol. The summed E-state index contributed by atoms with van der Waals surface area (Å²) in [5, 5.41) is 3.45. The van der Waals surface area contributed by atoms with Crippen LogP contribution in [0.3, 0.4) is 0 Å². The molecule has 7 nitrogen and oxygen atoms in total. The van der Waals surface area contributed by atoms with E-state index in [0.29, 0.717) is 23.7 Å². The number of carbonyl (C=O) groups is 1. The molecule has 0 radical (unpaired) electrons. The number of benzene rings is 1. The van der Waals surface area contributed by atoms with E-state index in [9.17, 15) is 14.4 Å². The quantitative estimate of drug-likeness (QED) is 0.735. The van der Waals surface area contributed by atoms with Crippen molar-refractivity contribution < 1.29 is 4.79 Å². The third-order valence-corrected chi connectivity index (χ3v) is 4.38. The Bertz CT molecular complexity index is 1120. The van der Waals surface area contributed by atoms with Crippen molar-refractivity contribution in [3.05, 3.63) is 67.4 Å². The zero-order valence-corrected chi connectivity index (χ0v) is 15.1. The van der Waals surface area contributed by atoms with Crippen LogP contribution in [-0.2, 0) is 6.54 Å². The number of rotatable bonds is 4. The topological polar surface area (TPSA) is 96.9 Å². The number of fused-ring (bicyclic) bond motifs is 1. The highest BCUT2D eigenvalue weighted by molar-refractivity contribution is 6.31. The first-order chi connectivity index (χ1) is 12.4. The average Bonchev–Trinajstić information content (AvgIpc) is 2.61. The van der Waals surface area contributed by atoms with Crippen LogP contribution in [0.2, 0.25) is 5.02 Å². The zero-order valence-electron chi connectivity index (χ0n) is 14.3. The molecule has 134 valence electrons. The molecule has 2 N–H and O–H groups in total. The number of aryl methyl sites for hydroxylation is 2. The van der Waals surface area contributed by atoms with Crippen LogP contribution < -0.4 is 16.6 Å². The molecular formula is C18H17ClN4O3. The van der Waals surface area contributed by atoms with E-state index in [1.54, 1.807) is 18.2 Å². The third kappa shape index (κ3) is 3.39. The largest absolute Gasteiger partial charge is 0.329 e. The molecule has 0 bridgehead atoms. The van der Waals surface area contributed by atoms with Crippen LogP contribution in [0.5, 0.6) is 0 Å². The number of aromatic nitrogens is 3. The molecule has 0 unspecified atom stereocenters.